The number of piperidine rings is 1. The zero-order valence-electron chi connectivity index (χ0n) is 12.3. The van der Waals surface area contributed by atoms with Gasteiger partial charge in [0.25, 0.3) is 0 Å². The number of thiophene rings is 1. The zero-order chi connectivity index (χ0) is 13.7. The van der Waals surface area contributed by atoms with Crippen molar-refractivity contribution < 1.29 is 4.79 Å². The first-order chi connectivity index (χ1) is 9.15. The largest absolute Gasteiger partial charge is 0.351 e. The summed E-state index contributed by atoms with van der Waals surface area (Å²) >= 11 is 1.75. The van der Waals surface area contributed by atoms with Gasteiger partial charge in [-0.25, -0.2) is 0 Å². The van der Waals surface area contributed by atoms with E-state index in [0.29, 0.717) is 24.8 Å². The molecule has 2 heterocycles. The SMILES string of the molecule is Cc1ccc(CNC(=O)CC(C)C2CCCNC2)s1.Cl. The lowest BCUT2D eigenvalue weighted by molar-refractivity contribution is -0.122. The topological polar surface area (TPSA) is 41.1 Å². The summed E-state index contributed by atoms with van der Waals surface area (Å²) in [6.45, 7) is 7.17. The van der Waals surface area contributed by atoms with Gasteiger partial charge in [0.15, 0.2) is 0 Å². The van der Waals surface area contributed by atoms with Gasteiger partial charge in [0, 0.05) is 16.2 Å². The Bertz CT molecular complexity index is 416. The van der Waals surface area contributed by atoms with Crippen molar-refractivity contribution in [3.05, 3.63) is 21.9 Å². The molecule has 0 spiro atoms. The van der Waals surface area contributed by atoms with Crippen LogP contribution in [-0.4, -0.2) is 19.0 Å². The summed E-state index contributed by atoms with van der Waals surface area (Å²) in [6, 6.07) is 4.19. The Balaban J connectivity index is 0.00000200. The molecule has 5 heteroatoms. The smallest absolute Gasteiger partial charge is 0.220 e. The van der Waals surface area contributed by atoms with Crippen LogP contribution in [-0.2, 0) is 11.3 Å². The Labute approximate surface area is 131 Å². The van der Waals surface area contributed by atoms with Gasteiger partial charge < -0.3 is 10.6 Å². The van der Waals surface area contributed by atoms with E-state index < -0.39 is 0 Å². The predicted molar refractivity (Wildman–Crippen MR) is 87.5 cm³/mol. The van der Waals surface area contributed by atoms with Gasteiger partial charge >= 0.3 is 0 Å². The molecule has 2 unspecified atom stereocenters. The molecule has 1 amide bonds. The minimum Gasteiger partial charge on any atom is -0.351 e. The molecule has 2 rings (SSSR count). The van der Waals surface area contributed by atoms with Crippen LogP contribution in [0.2, 0.25) is 0 Å². The molecule has 0 saturated carbocycles. The summed E-state index contributed by atoms with van der Waals surface area (Å²) in [5.41, 5.74) is 0. The maximum atomic E-state index is 11.9. The van der Waals surface area contributed by atoms with Gasteiger partial charge in [-0.15, -0.1) is 23.7 Å². The molecule has 0 bridgehead atoms. The highest BCUT2D eigenvalue weighted by atomic mass is 35.5. The number of carbonyl (C=O) groups is 1. The van der Waals surface area contributed by atoms with Crippen molar-refractivity contribution in [3.8, 4) is 0 Å². The number of rotatable bonds is 5. The second-order valence-electron chi connectivity index (χ2n) is 5.58. The fourth-order valence-corrected chi connectivity index (χ4v) is 3.49. The molecular weight excluding hydrogens is 292 g/mol. The highest BCUT2D eigenvalue weighted by Gasteiger charge is 2.21. The molecule has 1 saturated heterocycles. The number of amides is 1. The lowest BCUT2D eigenvalue weighted by atomic mass is 9.85. The molecule has 1 aliphatic heterocycles. The molecule has 1 fully saturated rings. The maximum absolute atomic E-state index is 11.9. The Morgan fingerprint density at radius 2 is 2.35 bits per heavy atom. The third kappa shape index (κ3) is 5.43. The van der Waals surface area contributed by atoms with E-state index in [-0.39, 0.29) is 18.3 Å². The van der Waals surface area contributed by atoms with Crippen molar-refractivity contribution in [3.63, 3.8) is 0 Å². The Morgan fingerprint density at radius 1 is 1.55 bits per heavy atom. The van der Waals surface area contributed by atoms with E-state index in [1.165, 1.54) is 22.6 Å². The van der Waals surface area contributed by atoms with Crippen molar-refractivity contribution in [1.82, 2.24) is 10.6 Å². The second kappa shape index (κ2) is 8.65. The van der Waals surface area contributed by atoms with Gasteiger partial charge in [-0.2, -0.15) is 0 Å². The number of halogens is 1. The third-order valence-corrected chi connectivity index (χ3v) is 4.90. The van der Waals surface area contributed by atoms with Crippen LogP contribution >= 0.6 is 23.7 Å². The Hall–Kier alpha value is -0.580. The highest BCUT2D eigenvalue weighted by molar-refractivity contribution is 7.11. The van der Waals surface area contributed by atoms with Crippen LogP contribution in [0.25, 0.3) is 0 Å². The van der Waals surface area contributed by atoms with E-state index in [1.807, 2.05) is 0 Å². The first-order valence-electron chi connectivity index (χ1n) is 7.18. The van der Waals surface area contributed by atoms with Gasteiger partial charge in [0.05, 0.1) is 6.54 Å². The van der Waals surface area contributed by atoms with Crippen LogP contribution in [0, 0.1) is 18.8 Å². The molecule has 2 atom stereocenters. The zero-order valence-corrected chi connectivity index (χ0v) is 13.9. The molecule has 0 aliphatic carbocycles. The molecule has 114 valence electrons. The van der Waals surface area contributed by atoms with Crippen LogP contribution < -0.4 is 10.6 Å². The average Bonchev–Trinajstić information content (AvgIpc) is 2.83. The number of aryl methyl sites for hydroxylation is 1. The molecule has 1 aromatic heterocycles. The van der Waals surface area contributed by atoms with E-state index in [4.69, 9.17) is 0 Å². The minimum atomic E-state index is 0. The number of hydrogen-bond acceptors (Lipinski definition) is 3. The first-order valence-corrected chi connectivity index (χ1v) is 7.99. The van der Waals surface area contributed by atoms with E-state index in [9.17, 15) is 4.79 Å². The van der Waals surface area contributed by atoms with Gasteiger partial charge in [-0.1, -0.05) is 6.92 Å². The van der Waals surface area contributed by atoms with Crippen LogP contribution in [0.5, 0.6) is 0 Å². The number of nitrogens with one attached hydrogen (secondary N) is 2. The summed E-state index contributed by atoms with van der Waals surface area (Å²) in [5, 5.41) is 6.45. The van der Waals surface area contributed by atoms with Crippen LogP contribution in [0.3, 0.4) is 0 Å². The van der Waals surface area contributed by atoms with Gasteiger partial charge in [0.1, 0.15) is 0 Å². The average molecular weight is 317 g/mol. The van der Waals surface area contributed by atoms with Crippen molar-refractivity contribution >= 4 is 29.7 Å². The van der Waals surface area contributed by atoms with Crippen molar-refractivity contribution in [2.75, 3.05) is 13.1 Å². The molecule has 1 aromatic rings. The standard InChI is InChI=1S/C15H24N2OS.ClH/c1-11(13-4-3-7-16-9-13)8-15(18)17-10-14-6-5-12(2)19-14;/h5-6,11,13,16H,3-4,7-10H2,1-2H3,(H,17,18);1H. The second-order valence-corrected chi connectivity index (χ2v) is 6.95. The maximum Gasteiger partial charge on any atom is 0.220 e. The fraction of sp³-hybridized carbons (Fsp3) is 0.667. The minimum absolute atomic E-state index is 0. The fourth-order valence-electron chi connectivity index (χ4n) is 2.66. The Morgan fingerprint density at radius 3 is 2.95 bits per heavy atom. The molecule has 2 N–H and O–H groups in total. The van der Waals surface area contributed by atoms with Crippen molar-refractivity contribution in [1.29, 1.82) is 0 Å². The summed E-state index contributed by atoms with van der Waals surface area (Å²) in [4.78, 5) is 14.5. The molecule has 3 nitrogen and oxygen atoms in total. The molecule has 1 aliphatic rings. The van der Waals surface area contributed by atoms with E-state index in [1.54, 1.807) is 11.3 Å². The van der Waals surface area contributed by atoms with Gasteiger partial charge in [0.2, 0.25) is 5.91 Å². The van der Waals surface area contributed by atoms with Crippen LogP contribution in [0.4, 0.5) is 0 Å². The summed E-state index contributed by atoms with van der Waals surface area (Å²) < 4.78 is 0. The van der Waals surface area contributed by atoms with Crippen LogP contribution in [0.1, 0.15) is 35.9 Å². The van der Waals surface area contributed by atoms with E-state index in [0.717, 1.165) is 13.1 Å². The van der Waals surface area contributed by atoms with E-state index >= 15 is 0 Å². The normalized spacial score (nSPS) is 20.0. The summed E-state index contributed by atoms with van der Waals surface area (Å²) in [7, 11) is 0. The monoisotopic (exact) mass is 316 g/mol. The summed E-state index contributed by atoms with van der Waals surface area (Å²) in [5.74, 6) is 1.31. The van der Waals surface area contributed by atoms with E-state index in [2.05, 4.69) is 36.6 Å². The lowest BCUT2D eigenvalue weighted by Crippen LogP contribution is -2.35. The van der Waals surface area contributed by atoms with Gasteiger partial charge in [-0.05, 0) is 56.8 Å². The quantitative estimate of drug-likeness (QED) is 0.876. The molecular formula is C15H25ClN2OS. The molecule has 0 radical (unpaired) electrons. The van der Waals surface area contributed by atoms with Gasteiger partial charge in [-0.3, -0.25) is 4.79 Å². The molecule has 20 heavy (non-hydrogen) atoms. The predicted octanol–water partition coefficient (Wildman–Crippen LogP) is 3.12. The number of carbonyl (C=O) groups excluding carboxylic acids is 1. The lowest BCUT2D eigenvalue weighted by Gasteiger charge is -2.27. The first kappa shape index (κ1) is 17.5. The van der Waals surface area contributed by atoms with Crippen molar-refractivity contribution in [2.45, 2.75) is 39.7 Å². The Kier molecular flexibility index (Phi) is 7.56. The third-order valence-electron chi connectivity index (χ3n) is 3.90. The number of hydrogen-bond donors (Lipinski definition) is 2. The molecule has 0 aromatic carbocycles. The van der Waals surface area contributed by atoms with Crippen LogP contribution in [0.15, 0.2) is 12.1 Å². The highest BCUT2D eigenvalue weighted by Crippen LogP contribution is 2.22. The van der Waals surface area contributed by atoms with Crippen molar-refractivity contribution in [2.24, 2.45) is 11.8 Å². The summed E-state index contributed by atoms with van der Waals surface area (Å²) in [6.07, 6.45) is 3.15.